The lowest BCUT2D eigenvalue weighted by Gasteiger charge is -2.20. The normalized spacial score (nSPS) is 9.88. The van der Waals surface area contributed by atoms with Crippen LogP contribution in [0.5, 0.6) is 0 Å². The molecule has 0 aliphatic heterocycles. The first-order valence-electron chi connectivity index (χ1n) is 4.36. The minimum Gasteiger partial charge on any atom is -0.370 e. The molecule has 0 saturated heterocycles. The van der Waals surface area contributed by atoms with E-state index in [9.17, 15) is 4.79 Å². The van der Waals surface area contributed by atoms with Gasteiger partial charge in [0.2, 0.25) is 0 Å². The summed E-state index contributed by atoms with van der Waals surface area (Å²) in [7, 11) is 1.53. The van der Waals surface area contributed by atoms with Crippen LogP contribution >= 0.6 is 43.5 Å². The maximum Gasteiger partial charge on any atom is 0.328 e. The third kappa shape index (κ3) is 3.58. The second-order valence-electron chi connectivity index (χ2n) is 3.12. The fourth-order valence-corrected chi connectivity index (χ4v) is 3.24. The number of urea groups is 1. The number of nitrogens with zero attached hydrogens (tertiary/aromatic N) is 1. The number of carbonyl (C=O) groups is 1. The number of rotatable bonds is 1. The predicted octanol–water partition coefficient (Wildman–Crippen LogP) is 2.90. The zero-order chi connectivity index (χ0) is 13.2. The van der Waals surface area contributed by atoms with Crippen molar-refractivity contribution < 1.29 is 4.79 Å². The number of halogens is 3. The molecule has 0 aliphatic carbocycles. The molecule has 8 heteroatoms. The van der Waals surface area contributed by atoms with Gasteiger partial charge in [-0.1, -0.05) is 27.5 Å². The average molecular weight is 384 g/mol. The maximum absolute atomic E-state index is 11.6. The van der Waals surface area contributed by atoms with Gasteiger partial charge in [0.25, 0.3) is 0 Å². The Balaban J connectivity index is 3.08. The summed E-state index contributed by atoms with van der Waals surface area (Å²) in [5, 5.41) is 9.55. The minimum absolute atomic E-state index is 0.396. The first kappa shape index (κ1) is 14.3. The second kappa shape index (κ2) is 5.70. The lowest BCUT2D eigenvalue weighted by molar-refractivity contribution is 0.251. The monoisotopic (exact) mass is 382 g/mol. The third-order valence-corrected chi connectivity index (χ3v) is 3.21. The van der Waals surface area contributed by atoms with Gasteiger partial charge in [-0.2, -0.15) is 0 Å². The summed E-state index contributed by atoms with van der Waals surface area (Å²) in [6.45, 7) is 0. The highest BCUT2D eigenvalue weighted by Gasteiger charge is 2.17. The highest BCUT2D eigenvalue weighted by Crippen LogP contribution is 2.36. The molecule has 0 heterocycles. The minimum atomic E-state index is -0.539. The topological polar surface area (TPSA) is 82.2 Å². The fourth-order valence-electron chi connectivity index (χ4n) is 1.16. The quantitative estimate of drug-likeness (QED) is 0.514. The third-order valence-electron chi connectivity index (χ3n) is 1.86. The molecule has 1 aromatic rings. The Kier molecular flexibility index (Phi) is 4.79. The molecule has 0 aliphatic rings. The van der Waals surface area contributed by atoms with Crippen LogP contribution in [-0.2, 0) is 0 Å². The van der Waals surface area contributed by atoms with Crippen LogP contribution in [0.3, 0.4) is 0 Å². The average Bonchev–Trinajstić information content (AvgIpc) is 2.14. The SMILES string of the molecule is CN(C(=O)NC(=N)N)c1c(Cl)cc(Br)cc1Br. The van der Waals surface area contributed by atoms with E-state index in [4.69, 9.17) is 22.7 Å². The van der Waals surface area contributed by atoms with Crippen molar-refractivity contribution in [2.24, 2.45) is 5.73 Å². The Morgan fingerprint density at radius 1 is 1.53 bits per heavy atom. The van der Waals surface area contributed by atoms with Crippen molar-refractivity contribution in [2.45, 2.75) is 0 Å². The zero-order valence-corrected chi connectivity index (χ0v) is 12.6. The number of benzene rings is 1. The Morgan fingerprint density at radius 2 is 2.12 bits per heavy atom. The second-order valence-corrected chi connectivity index (χ2v) is 5.30. The van der Waals surface area contributed by atoms with Gasteiger partial charge in [0.1, 0.15) is 0 Å². The smallest absolute Gasteiger partial charge is 0.328 e. The Labute approximate surface area is 120 Å². The molecule has 17 heavy (non-hydrogen) atoms. The van der Waals surface area contributed by atoms with E-state index in [1.807, 2.05) is 0 Å². The van der Waals surface area contributed by atoms with Crippen molar-refractivity contribution in [1.29, 1.82) is 5.41 Å². The summed E-state index contributed by atoms with van der Waals surface area (Å²) in [6, 6.07) is 2.89. The standard InChI is InChI=1S/C9H9Br2ClN4O/c1-16(9(17)15-8(13)14)7-5(11)2-4(10)3-6(7)12/h2-3H,1H3,(H4,13,14,15,17). The molecule has 0 saturated carbocycles. The van der Waals surface area contributed by atoms with Crippen LogP contribution in [0.4, 0.5) is 10.5 Å². The molecular formula is C9H9Br2ClN4O. The summed E-state index contributed by atoms with van der Waals surface area (Å²) in [4.78, 5) is 12.9. The summed E-state index contributed by atoms with van der Waals surface area (Å²) >= 11 is 12.6. The van der Waals surface area contributed by atoms with E-state index in [1.54, 1.807) is 12.1 Å². The van der Waals surface area contributed by atoms with Gasteiger partial charge in [0.15, 0.2) is 5.96 Å². The lowest BCUT2D eigenvalue weighted by Crippen LogP contribution is -2.44. The van der Waals surface area contributed by atoms with Gasteiger partial charge >= 0.3 is 6.03 Å². The lowest BCUT2D eigenvalue weighted by atomic mass is 10.3. The van der Waals surface area contributed by atoms with Gasteiger partial charge in [-0.3, -0.25) is 15.6 Å². The van der Waals surface area contributed by atoms with Gasteiger partial charge in [-0.25, -0.2) is 4.79 Å². The zero-order valence-electron chi connectivity index (χ0n) is 8.72. The predicted molar refractivity (Wildman–Crippen MR) is 75.7 cm³/mol. The van der Waals surface area contributed by atoms with Crippen LogP contribution in [0.2, 0.25) is 5.02 Å². The maximum atomic E-state index is 11.6. The van der Waals surface area contributed by atoms with E-state index in [1.165, 1.54) is 11.9 Å². The molecule has 5 nitrogen and oxygen atoms in total. The Hall–Kier alpha value is -0.790. The van der Waals surface area contributed by atoms with Crippen molar-refractivity contribution in [2.75, 3.05) is 11.9 Å². The van der Waals surface area contributed by atoms with E-state index in [0.29, 0.717) is 15.2 Å². The van der Waals surface area contributed by atoms with E-state index in [0.717, 1.165) is 4.47 Å². The van der Waals surface area contributed by atoms with E-state index >= 15 is 0 Å². The van der Waals surface area contributed by atoms with Gasteiger partial charge < -0.3 is 5.73 Å². The van der Waals surface area contributed by atoms with Crippen molar-refractivity contribution in [3.63, 3.8) is 0 Å². The van der Waals surface area contributed by atoms with Crippen molar-refractivity contribution in [3.05, 3.63) is 26.1 Å². The molecule has 92 valence electrons. The number of guanidine groups is 1. The molecule has 0 atom stereocenters. The highest BCUT2D eigenvalue weighted by molar-refractivity contribution is 9.11. The molecule has 0 aromatic heterocycles. The van der Waals surface area contributed by atoms with Crippen LogP contribution in [0.15, 0.2) is 21.1 Å². The van der Waals surface area contributed by atoms with Crippen LogP contribution in [-0.4, -0.2) is 19.0 Å². The Morgan fingerprint density at radius 3 is 2.59 bits per heavy atom. The highest BCUT2D eigenvalue weighted by atomic mass is 79.9. The number of nitrogens with two attached hydrogens (primary N) is 1. The molecule has 1 rings (SSSR count). The van der Waals surface area contributed by atoms with Gasteiger partial charge in [-0.05, 0) is 28.1 Å². The molecule has 4 N–H and O–H groups in total. The number of amides is 2. The van der Waals surface area contributed by atoms with Gasteiger partial charge in [-0.15, -0.1) is 0 Å². The molecule has 0 radical (unpaired) electrons. The van der Waals surface area contributed by atoms with E-state index in [-0.39, 0.29) is 0 Å². The molecule has 1 aromatic carbocycles. The molecular weight excluding hydrogens is 375 g/mol. The number of hydrogen-bond acceptors (Lipinski definition) is 2. The summed E-state index contributed by atoms with van der Waals surface area (Å²) in [6.07, 6.45) is 0. The summed E-state index contributed by atoms with van der Waals surface area (Å²) in [5.41, 5.74) is 5.58. The van der Waals surface area contributed by atoms with E-state index in [2.05, 4.69) is 37.2 Å². The van der Waals surface area contributed by atoms with Crippen LogP contribution in [0.25, 0.3) is 0 Å². The molecule has 2 amide bonds. The fraction of sp³-hybridized carbons (Fsp3) is 0.111. The van der Waals surface area contributed by atoms with Crippen molar-refractivity contribution in [1.82, 2.24) is 5.32 Å². The molecule has 0 fully saturated rings. The molecule has 0 bridgehead atoms. The largest absolute Gasteiger partial charge is 0.370 e. The van der Waals surface area contributed by atoms with Crippen LogP contribution in [0, 0.1) is 5.41 Å². The van der Waals surface area contributed by atoms with Crippen LogP contribution < -0.4 is 16.0 Å². The number of carbonyl (C=O) groups excluding carboxylic acids is 1. The summed E-state index contributed by atoms with van der Waals surface area (Å²) in [5.74, 6) is -0.425. The van der Waals surface area contributed by atoms with Gasteiger partial charge in [0, 0.05) is 16.0 Å². The summed E-state index contributed by atoms with van der Waals surface area (Å²) < 4.78 is 1.44. The van der Waals surface area contributed by atoms with Gasteiger partial charge in [0.05, 0.1) is 10.7 Å². The molecule has 0 spiro atoms. The number of anilines is 1. The van der Waals surface area contributed by atoms with E-state index < -0.39 is 12.0 Å². The van der Waals surface area contributed by atoms with Crippen molar-refractivity contribution in [3.8, 4) is 0 Å². The Bertz CT molecular complexity index is 457. The first-order chi connectivity index (χ1) is 7.82. The first-order valence-corrected chi connectivity index (χ1v) is 6.32. The number of hydrogen-bond donors (Lipinski definition) is 3. The number of nitrogens with one attached hydrogen (secondary N) is 2. The molecule has 0 unspecified atom stereocenters. The van der Waals surface area contributed by atoms with Crippen molar-refractivity contribution >= 4 is 61.1 Å². The van der Waals surface area contributed by atoms with Crippen LogP contribution in [0.1, 0.15) is 0 Å².